The van der Waals surface area contributed by atoms with E-state index < -0.39 is 35.6 Å². The number of aliphatic hydroxyl groups is 1. The van der Waals surface area contributed by atoms with E-state index in [2.05, 4.69) is 10.3 Å². The molecule has 1 aliphatic carbocycles. The van der Waals surface area contributed by atoms with Crippen LogP contribution in [0, 0.1) is 11.3 Å². The van der Waals surface area contributed by atoms with Crippen molar-refractivity contribution in [3.05, 3.63) is 0 Å². The molecule has 2 rings (SSSR count). The molecule has 0 radical (unpaired) electrons. The van der Waals surface area contributed by atoms with Gasteiger partial charge in [-0.25, -0.2) is 4.39 Å². The van der Waals surface area contributed by atoms with Crippen LogP contribution in [0.5, 0.6) is 0 Å². The molecular weight excluding hydrogens is 351 g/mol. The number of aliphatic imine (C=N–C) groups is 1. The topological polar surface area (TPSA) is 97.2 Å². The summed E-state index contributed by atoms with van der Waals surface area (Å²) in [6, 6.07) is -0.414. The Bertz CT molecular complexity index is 561. The summed E-state index contributed by atoms with van der Waals surface area (Å²) in [5.74, 6) is -1.08. The summed E-state index contributed by atoms with van der Waals surface area (Å²) < 4.78 is 23.1. The Morgan fingerprint density at radius 3 is 2.72 bits per heavy atom. The molecule has 0 aromatic rings. The molecule has 2 fully saturated rings. The van der Waals surface area contributed by atoms with Gasteiger partial charge in [-0.3, -0.25) is 14.6 Å². The fourth-order valence-corrected chi connectivity index (χ4v) is 4.34. The van der Waals surface area contributed by atoms with Gasteiger partial charge in [0.15, 0.2) is 5.17 Å². The van der Waals surface area contributed by atoms with Crippen molar-refractivity contribution in [3.8, 4) is 0 Å². The Balaban J connectivity index is 2.13. The zero-order valence-corrected chi connectivity index (χ0v) is 15.6. The van der Waals surface area contributed by atoms with Crippen LogP contribution in [0.4, 0.5) is 4.39 Å². The SMILES string of the molecule is CC(=O)O[C@H]1CC1(C)[C@@H](OC(C)=O)[C@H](C)[C@H]1NC(=NCCF)S[C@H]1O. The standard InChI is InChI=1S/C16H25FN2O5S/c1-8(12-14(22)25-15(19-12)18-6-5-17)13(24-10(3)21)16(4)7-11(16)23-9(2)20/h8,11-14,22H,5-7H2,1-4H3,(H,18,19)/t8-,11+,12-,13+,14-,16?/m1/s1. The normalized spacial score (nSPS) is 35.0. The Labute approximate surface area is 150 Å². The van der Waals surface area contributed by atoms with E-state index in [0.29, 0.717) is 11.6 Å². The quantitative estimate of drug-likeness (QED) is 0.645. The molecule has 2 aliphatic rings. The van der Waals surface area contributed by atoms with Gasteiger partial charge in [0.05, 0.1) is 12.6 Å². The number of esters is 2. The van der Waals surface area contributed by atoms with E-state index in [1.54, 1.807) is 0 Å². The Hall–Kier alpha value is -1.35. The van der Waals surface area contributed by atoms with E-state index in [1.165, 1.54) is 13.8 Å². The molecule has 1 saturated heterocycles. The third-order valence-electron chi connectivity index (χ3n) is 4.67. The lowest BCUT2D eigenvalue weighted by atomic mass is 9.85. The molecule has 1 saturated carbocycles. The van der Waals surface area contributed by atoms with Crippen LogP contribution in [0.2, 0.25) is 0 Å². The average molecular weight is 376 g/mol. The van der Waals surface area contributed by atoms with E-state index in [0.717, 1.165) is 11.8 Å². The molecule has 1 aliphatic heterocycles. The molecule has 9 heteroatoms. The fourth-order valence-electron chi connectivity index (χ4n) is 3.28. The van der Waals surface area contributed by atoms with E-state index in [4.69, 9.17) is 9.47 Å². The van der Waals surface area contributed by atoms with Crippen LogP contribution in [0.3, 0.4) is 0 Å². The first kappa shape index (κ1) is 20.0. The number of alkyl halides is 1. The molecule has 0 aromatic heterocycles. The van der Waals surface area contributed by atoms with Crippen molar-refractivity contribution in [1.29, 1.82) is 0 Å². The second kappa shape index (κ2) is 7.90. The number of hydrogen-bond donors (Lipinski definition) is 2. The van der Waals surface area contributed by atoms with E-state index >= 15 is 0 Å². The summed E-state index contributed by atoms with van der Waals surface area (Å²) in [6.07, 6.45) is -0.265. The Kier molecular flexibility index (Phi) is 6.31. The lowest BCUT2D eigenvalue weighted by Crippen LogP contribution is -2.47. The molecule has 0 aromatic carbocycles. The Morgan fingerprint density at radius 2 is 2.16 bits per heavy atom. The molecule has 6 atom stereocenters. The van der Waals surface area contributed by atoms with Crippen molar-refractivity contribution in [2.24, 2.45) is 16.3 Å². The summed E-state index contributed by atoms with van der Waals surface area (Å²) in [4.78, 5) is 26.8. The van der Waals surface area contributed by atoms with Crippen LogP contribution in [-0.4, -0.2) is 59.1 Å². The van der Waals surface area contributed by atoms with Crippen molar-refractivity contribution < 1.29 is 28.6 Å². The van der Waals surface area contributed by atoms with E-state index in [-0.39, 0.29) is 24.5 Å². The summed E-state index contributed by atoms with van der Waals surface area (Å²) in [5, 5.41) is 13.9. The average Bonchev–Trinajstić information content (AvgIpc) is 2.99. The maximum atomic E-state index is 12.3. The molecule has 0 bridgehead atoms. The summed E-state index contributed by atoms with van der Waals surface area (Å²) in [7, 11) is 0. The highest BCUT2D eigenvalue weighted by molar-refractivity contribution is 8.14. The number of amidine groups is 1. The number of carbonyl (C=O) groups excluding carboxylic acids is 2. The van der Waals surface area contributed by atoms with Crippen molar-refractivity contribution >= 4 is 28.9 Å². The maximum Gasteiger partial charge on any atom is 0.302 e. The van der Waals surface area contributed by atoms with Gasteiger partial charge in [-0.15, -0.1) is 0 Å². The predicted octanol–water partition coefficient (Wildman–Crippen LogP) is 1.24. The van der Waals surface area contributed by atoms with Crippen LogP contribution in [0.15, 0.2) is 4.99 Å². The number of thioether (sulfide) groups is 1. The van der Waals surface area contributed by atoms with Crippen molar-refractivity contribution in [2.45, 2.75) is 57.8 Å². The Morgan fingerprint density at radius 1 is 1.48 bits per heavy atom. The number of aliphatic hydroxyl groups excluding tert-OH is 1. The number of nitrogens with one attached hydrogen (secondary N) is 1. The molecule has 142 valence electrons. The molecule has 0 spiro atoms. The monoisotopic (exact) mass is 376 g/mol. The highest BCUT2D eigenvalue weighted by Gasteiger charge is 2.62. The zero-order valence-electron chi connectivity index (χ0n) is 14.8. The van der Waals surface area contributed by atoms with Gasteiger partial charge in [0.2, 0.25) is 0 Å². The minimum Gasteiger partial charge on any atom is -0.462 e. The van der Waals surface area contributed by atoms with Gasteiger partial charge in [-0.2, -0.15) is 0 Å². The second-order valence-corrected chi connectivity index (χ2v) is 7.86. The molecule has 0 amide bonds. The first-order valence-corrected chi connectivity index (χ1v) is 9.13. The summed E-state index contributed by atoms with van der Waals surface area (Å²) in [5.41, 5.74) is -1.29. The van der Waals surface area contributed by atoms with Gasteiger partial charge in [0.1, 0.15) is 24.3 Å². The smallest absolute Gasteiger partial charge is 0.302 e. The molecule has 25 heavy (non-hydrogen) atoms. The minimum absolute atomic E-state index is 0.0305. The molecular formula is C16H25FN2O5S. The molecule has 2 N–H and O–H groups in total. The van der Waals surface area contributed by atoms with Crippen LogP contribution in [0.25, 0.3) is 0 Å². The highest BCUT2D eigenvalue weighted by Crippen LogP contribution is 2.54. The number of nitrogens with zero attached hydrogens (tertiary/aromatic N) is 1. The third kappa shape index (κ3) is 4.63. The second-order valence-electron chi connectivity index (χ2n) is 6.75. The number of hydrogen-bond acceptors (Lipinski definition) is 7. The maximum absolute atomic E-state index is 12.3. The van der Waals surface area contributed by atoms with Gasteiger partial charge in [0.25, 0.3) is 0 Å². The lowest BCUT2D eigenvalue weighted by Gasteiger charge is -2.33. The molecule has 7 nitrogen and oxygen atoms in total. The predicted molar refractivity (Wildman–Crippen MR) is 91.8 cm³/mol. The van der Waals surface area contributed by atoms with E-state index in [9.17, 15) is 19.1 Å². The van der Waals surface area contributed by atoms with Crippen molar-refractivity contribution in [1.82, 2.24) is 5.32 Å². The fraction of sp³-hybridized carbons (Fsp3) is 0.812. The largest absolute Gasteiger partial charge is 0.462 e. The number of ether oxygens (including phenoxy) is 2. The van der Waals surface area contributed by atoms with Crippen LogP contribution >= 0.6 is 11.8 Å². The first-order chi connectivity index (χ1) is 11.7. The van der Waals surface area contributed by atoms with Gasteiger partial charge in [0, 0.05) is 25.2 Å². The number of carbonyl (C=O) groups is 2. The minimum atomic E-state index is -0.791. The lowest BCUT2D eigenvalue weighted by molar-refractivity contribution is -0.157. The third-order valence-corrected chi connectivity index (χ3v) is 5.67. The highest BCUT2D eigenvalue weighted by atomic mass is 32.2. The van der Waals surface area contributed by atoms with Crippen LogP contribution in [0.1, 0.15) is 34.1 Å². The van der Waals surface area contributed by atoms with Crippen molar-refractivity contribution in [3.63, 3.8) is 0 Å². The summed E-state index contributed by atoms with van der Waals surface area (Å²) in [6.45, 7) is 5.89. The molecule has 1 heterocycles. The number of halogens is 1. The first-order valence-electron chi connectivity index (χ1n) is 8.25. The summed E-state index contributed by atoms with van der Waals surface area (Å²) >= 11 is 1.12. The molecule has 1 unspecified atom stereocenters. The van der Waals surface area contributed by atoms with Crippen molar-refractivity contribution in [2.75, 3.05) is 13.2 Å². The number of rotatable bonds is 7. The van der Waals surface area contributed by atoms with Crippen LogP contribution < -0.4 is 5.32 Å². The van der Waals surface area contributed by atoms with Gasteiger partial charge in [-0.05, 0) is 6.42 Å². The van der Waals surface area contributed by atoms with Gasteiger partial charge >= 0.3 is 11.9 Å². The zero-order chi connectivity index (χ0) is 18.8. The van der Waals surface area contributed by atoms with Gasteiger partial charge < -0.3 is 19.9 Å². The van der Waals surface area contributed by atoms with Crippen LogP contribution in [-0.2, 0) is 19.1 Å². The van der Waals surface area contributed by atoms with Gasteiger partial charge in [-0.1, -0.05) is 25.6 Å². The van der Waals surface area contributed by atoms with E-state index in [1.807, 2.05) is 13.8 Å².